The van der Waals surface area contributed by atoms with Gasteiger partial charge in [0.15, 0.2) is 11.3 Å². The van der Waals surface area contributed by atoms with Crippen LogP contribution in [0.2, 0.25) is 0 Å². The molecule has 0 bridgehead atoms. The van der Waals surface area contributed by atoms with E-state index in [1.165, 1.54) is 33.0 Å². The third kappa shape index (κ3) is 5.29. The molecule has 0 aromatic heterocycles. The first-order valence-electron chi connectivity index (χ1n) is 11.1. The molecule has 0 saturated carbocycles. The zero-order valence-electron chi connectivity index (χ0n) is 20.9. The number of fused-ring (bicyclic) bond motifs is 3. The number of hydrogen-bond donors (Lipinski definition) is 1. The molecule has 8 atom stereocenters. The number of thioether (sulfide) groups is 1. The maximum atomic E-state index is 13.6. The van der Waals surface area contributed by atoms with Gasteiger partial charge in [-0.2, -0.15) is 13.2 Å². The Bertz CT molecular complexity index is 840. The first kappa shape index (κ1) is 28.4. The Labute approximate surface area is 206 Å². The van der Waals surface area contributed by atoms with E-state index in [0.29, 0.717) is 0 Å². The van der Waals surface area contributed by atoms with Crippen molar-refractivity contribution >= 4 is 23.0 Å². The molecule has 2 saturated heterocycles. The molecule has 0 spiro atoms. The van der Waals surface area contributed by atoms with E-state index >= 15 is 0 Å². The zero-order chi connectivity index (χ0) is 26.6. The third-order valence-corrected chi connectivity index (χ3v) is 7.33. The summed E-state index contributed by atoms with van der Waals surface area (Å²) < 4.78 is 74.9. The summed E-state index contributed by atoms with van der Waals surface area (Å²) in [6, 6.07) is -0.871. The minimum absolute atomic E-state index is 0.192. The monoisotopic (exact) mass is 530 g/mol. The van der Waals surface area contributed by atoms with Gasteiger partial charge >= 0.3 is 12.3 Å². The molecule has 3 aliphatic rings. The van der Waals surface area contributed by atoms with Crippen molar-refractivity contribution in [1.29, 1.82) is 0 Å². The number of amidine groups is 1. The molecule has 1 N–H and O–H groups in total. The Morgan fingerprint density at radius 3 is 2.17 bits per heavy atom. The molecule has 3 rings (SSSR count). The summed E-state index contributed by atoms with van der Waals surface area (Å²) in [6.07, 6.45) is -12.9. The normalized spacial score (nSPS) is 38.3. The second kappa shape index (κ2) is 9.62. The first-order chi connectivity index (χ1) is 16.0. The number of carbonyl (C=O) groups is 1. The van der Waals surface area contributed by atoms with Crippen molar-refractivity contribution in [3.63, 3.8) is 0 Å². The number of ether oxygens (including phenoxy) is 6. The van der Waals surface area contributed by atoms with E-state index in [0.717, 1.165) is 11.8 Å². The highest BCUT2D eigenvalue weighted by Crippen LogP contribution is 2.49. The van der Waals surface area contributed by atoms with E-state index in [-0.39, 0.29) is 11.7 Å². The number of hydrogen-bond acceptors (Lipinski definition) is 10. The van der Waals surface area contributed by atoms with Crippen molar-refractivity contribution in [3.05, 3.63) is 0 Å². The Hall–Kier alpha value is -1.16. The second-order valence-corrected chi connectivity index (χ2v) is 10.7. The maximum Gasteiger partial charge on any atom is 0.417 e. The van der Waals surface area contributed by atoms with Gasteiger partial charge in [-0.1, -0.05) is 11.8 Å². The van der Waals surface area contributed by atoms with Gasteiger partial charge in [0.25, 0.3) is 0 Å². The van der Waals surface area contributed by atoms with E-state index in [1.54, 1.807) is 27.7 Å². The lowest BCUT2D eigenvalue weighted by atomic mass is 9.90. The van der Waals surface area contributed by atoms with Gasteiger partial charge in [0.05, 0.1) is 0 Å². The van der Waals surface area contributed by atoms with Gasteiger partial charge in [-0.05, 0) is 41.5 Å². The highest BCUT2D eigenvalue weighted by Gasteiger charge is 2.66. The van der Waals surface area contributed by atoms with Gasteiger partial charge < -0.3 is 33.5 Å². The molecule has 3 heterocycles. The predicted octanol–water partition coefficient (Wildman–Crippen LogP) is 2.87. The zero-order valence-corrected chi connectivity index (χ0v) is 21.7. The van der Waals surface area contributed by atoms with Crippen molar-refractivity contribution in [2.45, 2.75) is 101 Å². The quantitative estimate of drug-likeness (QED) is 0.587. The largest absolute Gasteiger partial charge is 0.443 e. The number of aliphatic hydroxyl groups is 1. The molecule has 3 aliphatic heterocycles. The maximum absolute atomic E-state index is 13.6. The van der Waals surface area contributed by atoms with Crippen LogP contribution in [0.25, 0.3) is 0 Å². The first-order valence-corrected chi connectivity index (χ1v) is 12.0. The molecule has 35 heavy (non-hydrogen) atoms. The SMILES string of the molecule is CCN(C(=O)OC(C)(C)C)C1=N[C@@H]2[C@H]3OC(C)(OC)C(C)(OC)O[C@@H]3[C@@H]([C@H](O)C(F)(F)F)O[C@@H]2S1. The molecule has 0 aliphatic carbocycles. The number of aliphatic imine (C=N–C) groups is 1. The van der Waals surface area contributed by atoms with Crippen LogP contribution in [0.1, 0.15) is 41.5 Å². The number of amides is 1. The van der Waals surface area contributed by atoms with Crippen LogP contribution >= 0.6 is 11.8 Å². The van der Waals surface area contributed by atoms with Gasteiger partial charge in [0, 0.05) is 20.8 Å². The predicted molar refractivity (Wildman–Crippen MR) is 119 cm³/mol. The molecule has 2 fully saturated rings. The third-order valence-electron chi connectivity index (χ3n) is 6.17. The van der Waals surface area contributed by atoms with Crippen LogP contribution in [-0.2, 0) is 28.4 Å². The number of methoxy groups -OCH3 is 2. The van der Waals surface area contributed by atoms with Crippen LogP contribution in [0, 0.1) is 0 Å². The highest BCUT2D eigenvalue weighted by atomic mass is 32.2. The van der Waals surface area contributed by atoms with Crippen molar-refractivity contribution < 1.29 is 51.5 Å². The summed E-state index contributed by atoms with van der Waals surface area (Å²) in [5, 5.41) is 10.3. The number of aliphatic hydroxyl groups excluding tert-OH is 1. The van der Waals surface area contributed by atoms with Crippen LogP contribution in [0.15, 0.2) is 4.99 Å². The molecule has 14 heteroatoms. The summed E-state index contributed by atoms with van der Waals surface area (Å²) >= 11 is 0.949. The summed E-state index contributed by atoms with van der Waals surface area (Å²) in [6.45, 7) is 10.0. The number of halogens is 3. The summed E-state index contributed by atoms with van der Waals surface area (Å²) in [7, 11) is 2.64. The number of rotatable bonds is 4. The topological polar surface area (TPSA) is 108 Å². The fourth-order valence-corrected chi connectivity index (χ4v) is 5.31. The lowest BCUT2D eigenvalue weighted by Crippen LogP contribution is -2.73. The van der Waals surface area contributed by atoms with Gasteiger partial charge in [0.2, 0.25) is 11.6 Å². The minimum Gasteiger partial charge on any atom is -0.443 e. The van der Waals surface area contributed by atoms with E-state index in [9.17, 15) is 23.1 Å². The standard InChI is InChI=1S/C21H33F3N2O8S/c1-9-26(17(28)34-18(2,3)4)16-25-10-11-12(33-20(6,30-8)19(5,29-7)32-11)13(31-15(10)35-16)14(27)21(22,23)24/h10-15,27H,9H2,1-8H3/t10-,11-,12+,13+,14+,15-,19?,20?/m1/s1. The number of nitrogens with zero attached hydrogens (tertiary/aromatic N) is 2. The molecule has 0 aromatic rings. The van der Waals surface area contributed by atoms with Crippen molar-refractivity contribution in [1.82, 2.24) is 4.90 Å². The lowest BCUT2D eigenvalue weighted by Gasteiger charge is -2.56. The van der Waals surface area contributed by atoms with E-state index in [4.69, 9.17) is 28.4 Å². The smallest absolute Gasteiger partial charge is 0.417 e. The fraction of sp³-hybridized carbons (Fsp3) is 0.905. The molecular formula is C21H33F3N2O8S. The van der Waals surface area contributed by atoms with Crippen LogP contribution in [0.3, 0.4) is 0 Å². The van der Waals surface area contributed by atoms with Crippen LogP contribution < -0.4 is 0 Å². The minimum atomic E-state index is -4.99. The Balaban J connectivity index is 1.99. The Kier molecular flexibility index (Phi) is 7.81. The van der Waals surface area contributed by atoms with Gasteiger partial charge in [-0.3, -0.25) is 9.89 Å². The van der Waals surface area contributed by atoms with E-state index < -0.39 is 65.3 Å². The Morgan fingerprint density at radius 2 is 1.71 bits per heavy atom. The highest BCUT2D eigenvalue weighted by molar-refractivity contribution is 8.14. The molecule has 0 radical (unpaired) electrons. The molecule has 1 amide bonds. The summed E-state index contributed by atoms with van der Waals surface area (Å²) in [5.41, 5.74) is -1.77. The van der Waals surface area contributed by atoms with Crippen LogP contribution in [-0.4, -0.2) is 101 Å². The fourth-order valence-electron chi connectivity index (χ4n) is 4.05. The van der Waals surface area contributed by atoms with Crippen molar-refractivity contribution in [2.24, 2.45) is 4.99 Å². The molecule has 10 nitrogen and oxygen atoms in total. The van der Waals surface area contributed by atoms with Crippen LogP contribution in [0.5, 0.6) is 0 Å². The van der Waals surface area contributed by atoms with E-state index in [1.807, 2.05) is 0 Å². The number of carbonyl (C=O) groups excluding carboxylic acids is 1. The molecule has 0 aromatic carbocycles. The van der Waals surface area contributed by atoms with E-state index in [2.05, 4.69) is 4.99 Å². The lowest BCUT2D eigenvalue weighted by molar-refractivity contribution is -0.467. The van der Waals surface area contributed by atoms with Gasteiger partial charge in [0.1, 0.15) is 35.4 Å². The van der Waals surface area contributed by atoms with Gasteiger partial charge in [-0.15, -0.1) is 0 Å². The number of alkyl halides is 3. The summed E-state index contributed by atoms with van der Waals surface area (Å²) in [5.74, 6) is -3.16. The van der Waals surface area contributed by atoms with Gasteiger partial charge in [-0.25, -0.2) is 4.79 Å². The second-order valence-electron chi connectivity index (χ2n) is 9.66. The Morgan fingerprint density at radius 1 is 1.17 bits per heavy atom. The van der Waals surface area contributed by atoms with Crippen molar-refractivity contribution in [2.75, 3.05) is 20.8 Å². The molecular weight excluding hydrogens is 497 g/mol. The van der Waals surface area contributed by atoms with Crippen molar-refractivity contribution in [3.8, 4) is 0 Å². The molecule has 2 unspecified atom stereocenters. The average Bonchev–Trinajstić information content (AvgIpc) is 3.16. The average molecular weight is 531 g/mol. The van der Waals surface area contributed by atoms with Crippen LogP contribution in [0.4, 0.5) is 18.0 Å². The molecule has 202 valence electrons. The summed E-state index contributed by atoms with van der Waals surface area (Å²) in [4.78, 5) is 18.6.